The Morgan fingerprint density at radius 3 is 2.62 bits per heavy atom. The fourth-order valence-electron chi connectivity index (χ4n) is 4.04. The third-order valence-corrected chi connectivity index (χ3v) is 5.53. The largest absolute Gasteiger partial charge is 0.356 e. The van der Waals surface area contributed by atoms with Crippen molar-refractivity contribution in [3.63, 3.8) is 0 Å². The number of hydrogen-bond donors (Lipinski definition) is 0. The summed E-state index contributed by atoms with van der Waals surface area (Å²) in [6.45, 7) is 3.14. The zero-order valence-corrected chi connectivity index (χ0v) is 16.2. The van der Waals surface area contributed by atoms with E-state index in [0.717, 1.165) is 48.7 Å². The van der Waals surface area contributed by atoms with Gasteiger partial charge >= 0.3 is 0 Å². The highest BCUT2D eigenvalue weighted by Crippen LogP contribution is 2.31. The maximum atomic E-state index is 13.0. The Morgan fingerprint density at radius 1 is 0.966 bits per heavy atom. The standard InChI is InChI=1S/C22H22N6O/c29-22(16-6-5-9-23-14-16)28-13-8-18-17(15-28)21(27-11-3-4-12-27)26-20(25-18)19-7-1-2-10-24-19/h1-2,5-7,9-10,14H,3-4,8,11-13,15H2. The quantitative estimate of drug-likeness (QED) is 0.689. The van der Waals surface area contributed by atoms with Crippen molar-refractivity contribution in [2.45, 2.75) is 25.8 Å². The highest BCUT2D eigenvalue weighted by atomic mass is 16.2. The van der Waals surface area contributed by atoms with Crippen LogP contribution in [-0.4, -0.2) is 50.4 Å². The van der Waals surface area contributed by atoms with Crippen LogP contribution < -0.4 is 4.90 Å². The van der Waals surface area contributed by atoms with Gasteiger partial charge in [-0.05, 0) is 37.1 Å². The van der Waals surface area contributed by atoms with Gasteiger partial charge < -0.3 is 9.80 Å². The van der Waals surface area contributed by atoms with E-state index in [1.807, 2.05) is 29.2 Å². The van der Waals surface area contributed by atoms with Crippen molar-refractivity contribution < 1.29 is 4.79 Å². The minimum atomic E-state index is 0.00456. The fourth-order valence-corrected chi connectivity index (χ4v) is 4.04. The molecule has 0 unspecified atom stereocenters. The molecule has 5 rings (SSSR count). The molecule has 0 atom stereocenters. The van der Waals surface area contributed by atoms with E-state index in [2.05, 4.69) is 14.9 Å². The van der Waals surface area contributed by atoms with Gasteiger partial charge in [0.05, 0.1) is 17.8 Å². The zero-order chi connectivity index (χ0) is 19.6. The Morgan fingerprint density at radius 2 is 1.86 bits per heavy atom. The molecule has 146 valence electrons. The van der Waals surface area contributed by atoms with E-state index in [-0.39, 0.29) is 5.91 Å². The van der Waals surface area contributed by atoms with Crippen LogP contribution in [0.5, 0.6) is 0 Å². The second-order valence-electron chi connectivity index (χ2n) is 7.42. The Hall–Kier alpha value is -3.35. The molecule has 7 nitrogen and oxygen atoms in total. The van der Waals surface area contributed by atoms with Gasteiger partial charge in [-0.3, -0.25) is 14.8 Å². The number of nitrogens with zero attached hydrogens (tertiary/aromatic N) is 6. The molecule has 0 saturated carbocycles. The van der Waals surface area contributed by atoms with E-state index < -0.39 is 0 Å². The molecule has 3 aromatic rings. The predicted molar refractivity (Wildman–Crippen MR) is 109 cm³/mol. The van der Waals surface area contributed by atoms with Crippen LogP contribution in [0.4, 0.5) is 5.82 Å². The number of hydrogen-bond acceptors (Lipinski definition) is 6. The fraction of sp³-hybridized carbons (Fsp3) is 0.318. The maximum absolute atomic E-state index is 13.0. The molecule has 1 fully saturated rings. The Bertz CT molecular complexity index is 1020. The van der Waals surface area contributed by atoms with Crippen molar-refractivity contribution in [2.75, 3.05) is 24.5 Å². The highest BCUT2D eigenvalue weighted by molar-refractivity contribution is 5.94. The van der Waals surface area contributed by atoms with Crippen LogP contribution in [0.3, 0.4) is 0 Å². The summed E-state index contributed by atoms with van der Waals surface area (Å²) in [4.78, 5) is 35.4. The summed E-state index contributed by atoms with van der Waals surface area (Å²) in [6, 6.07) is 9.40. The van der Waals surface area contributed by atoms with E-state index in [9.17, 15) is 4.79 Å². The first kappa shape index (κ1) is 17.7. The first-order valence-corrected chi connectivity index (χ1v) is 10.0. The molecule has 7 heteroatoms. The topological polar surface area (TPSA) is 75.1 Å². The van der Waals surface area contributed by atoms with E-state index in [1.165, 1.54) is 0 Å². The van der Waals surface area contributed by atoms with Crippen molar-refractivity contribution in [2.24, 2.45) is 0 Å². The minimum Gasteiger partial charge on any atom is -0.356 e. The second kappa shape index (κ2) is 7.58. The van der Waals surface area contributed by atoms with Crippen LogP contribution >= 0.6 is 0 Å². The maximum Gasteiger partial charge on any atom is 0.255 e. The van der Waals surface area contributed by atoms with Gasteiger partial charge in [0.2, 0.25) is 0 Å². The van der Waals surface area contributed by atoms with Gasteiger partial charge in [-0.1, -0.05) is 6.07 Å². The number of amides is 1. The monoisotopic (exact) mass is 386 g/mol. The number of fused-ring (bicyclic) bond motifs is 1. The van der Waals surface area contributed by atoms with E-state index in [4.69, 9.17) is 9.97 Å². The summed E-state index contributed by atoms with van der Waals surface area (Å²) >= 11 is 0. The third kappa shape index (κ3) is 3.44. The van der Waals surface area contributed by atoms with Crippen molar-refractivity contribution in [3.8, 4) is 11.5 Å². The van der Waals surface area contributed by atoms with Crippen LogP contribution in [0.15, 0.2) is 48.9 Å². The number of carbonyl (C=O) groups excluding carboxylic acids is 1. The van der Waals surface area contributed by atoms with Gasteiger partial charge in [0.1, 0.15) is 11.5 Å². The number of aromatic nitrogens is 4. The molecule has 5 heterocycles. The van der Waals surface area contributed by atoms with E-state index in [0.29, 0.717) is 30.9 Å². The van der Waals surface area contributed by atoms with E-state index in [1.54, 1.807) is 24.7 Å². The average Bonchev–Trinajstić information content (AvgIpc) is 3.33. The summed E-state index contributed by atoms with van der Waals surface area (Å²) in [5.74, 6) is 1.63. The molecule has 0 aromatic carbocycles. The van der Waals surface area contributed by atoms with Crippen LogP contribution in [0, 0.1) is 0 Å². The lowest BCUT2D eigenvalue weighted by molar-refractivity contribution is 0.0733. The summed E-state index contributed by atoms with van der Waals surface area (Å²) in [5, 5.41) is 0. The average molecular weight is 386 g/mol. The summed E-state index contributed by atoms with van der Waals surface area (Å²) in [5.41, 5.74) is 3.49. The minimum absolute atomic E-state index is 0.00456. The molecule has 1 saturated heterocycles. The first-order valence-electron chi connectivity index (χ1n) is 10.0. The van der Waals surface area contributed by atoms with Gasteiger partial charge in [0.15, 0.2) is 5.82 Å². The normalized spacial score (nSPS) is 16.0. The van der Waals surface area contributed by atoms with Crippen LogP contribution in [0.1, 0.15) is 34.5 Å². The van der Waals surface area contributed by atoms with Gasteiger partial charge in [0, 0.05) is 50.2 Å². The molecule has 3 aromatic heterocycles. The molecular formula is C22H22N6O. The van der Waals surface area contributed by atoms with Crippen LogP contribution in [0.2, 0.25) is 0 Å². The van der Waals surface area contributed by atoms with Gasteiger partial charge in [-0.15, -0.1) is 0 Å². The molecule has 0 spiro atoms. The number of pyridine rings is 2. The molecular weight excluding hydrogens is 364 g/mol. The second-order valence-corrected chi connectivity index (χ2v) is 7.42. The van der Waals surface area contributed by atoms with Crippen molar-refractivity contribution in [1.29, 1.82) is 0 Å². The SMILES string of the molecule is O=C(c1cccnc1)N1CCc2nc(-c3ccccn3)nc(N3CCCC3)c2C1. The summed E-state index contributed by atoms with van der Waals surface area (Å²) in [7, 11) is 0. The van der Waals surface area contributed by atoms with Gasteiger partial charge in [-0.25, -0.2) is 9.97 Å². The molecule has 29 heavy (non-hydrogen) atoms. The van der Waals surface area contributed by atoms with Crippen molar-refractivity contribution in [3.05, 3.63) is 65.7 Å². The van der Waals surface area contributed by atoms with E-state index >= 15 is 0 Å². The third-order valence-electron chi connectivity index (χ3n) is 5.53. The smallest absolute Gasteiger partial charge is 0.255 e. The molecule has 2 aliphatic rings. The lowest BCUT2D eigenvalue weighted by atomic mass is 10.0. The van der Waals surface area contributed by atoms with Gasteiger partial charge in [0.25, 0.3) is 5.91 Å². The highest BCUT2D eigenvalue weighted by Gasteiger charge is 2.29. The molecule has 0 N–H and O–H groups in total. The number of anilines is 1. The lowest BCUT2D eigenvalue weighted by Crippen LogP contribution is -2.38. The number of rotatable bonds is 3. The first-order chi connectivity index (χ1) is 14.3. The van der Waals surface area contributed by atoms with Gasteiger partial charge in [-0.2, -0.15) is 0 Å². The predicted octanol–water partition coefficient (Wildman–Crippen LogP) is 2.73. The molecule has 0 bridgehead atoms. The van der Waals surface area contributed by atoms with Crippen molar-refractivity contribution >= 4 is 11.7 Å². The summed E-state index contributed by atoms with van der Waals surface area (Å²) < 4.78 is 0. The molecule has 2 aliphatic heterocycles. The summed E-state index contributed by atoms with van der Waals surface area (Å²) in [6.07, 6.45) is 8.11. The van der Waals surface area contributed by atoms with Crippen LogP contribution in [-0.2, 0) is 13.0 Å². The zero-order valence-electron chi connectivity index (χ0n) is 16.2. The molecule has 1 amide bonds. The molecule has 0 radical (unpaired) electrons. The molecule has 0 aliphatic carbocycles. The van der Waals surface area contributed by atoms with Crippen molar-refractivity contribution in [1.82, 2.24) is 24.8 Å². The van der Waals surface area contributed by atoms with Crippen LogP contribution in [0.25, 0.3) is 11.5 Å². The Balaban J connectivity index is 1.53. The Labute approximate surface area is 169 Å². The lowest BCUT2D eigenvalue weighted by Gasteiger charge is -2.31. The number of carbonyl (C=O) groups is 1. The Kier molecular flexibility index (Phi) is 4.63.